The average Bonchev–Trinajstić information content (AvgIpc) is 1.46. The lowest BCUT2D eigenvalue weighted by Gasteiger charge is -1.23. The molecule has 0 radical (unpaired) electrons. The molecule has 1 saturated heterocycles. The Kier molecular flexibility index (Phi) is 1.19. The highest BCUT2D eigenvalue weighted by molar-refractivity contribution is 4.15. The summed E-state index contributed by atoms with van der Waals surface area (Å²) in [6.07, 6.45) is 0. The Hall–Kier alpha value is -0.120. The van der Waals surface area contributed by atoms with Crippen LogP contribution in [0.1, 0.15) is 0 Å². The highest BCUT2D eigenvalue weighted by Gasteiger charge is 1.91. The number of hydroxylamine groups is 1. The Morgan fingerprint density at radius 3 is 2.00 bits per heavy atom. The van der Waals surface area contributed by atoms with E-state index >= 15 is 0 Å². The van der Waals surface area contributed by atoms with Gasteiger partial charge < -0.3 is 6.15 Å². The molecule has 0 aromatic rings. The van der Waals surface area contributed by atoms with Crippen LogP contribution in [0.2, 0.25) is 0 Å². The molecule has 0 atom stereocenters. The highest BCUT2D eigenvalue weighted by Crippen LogP contribution is 1.70. The normalized spacial score (nSPS) is 18.0. The van der Waals surface area contributed by atoms with Gasteiger partial charge in [0, 0.05) is 0 Å². The van der Waals surface area contributed by atoms with Crippen molar-refractivity contribution >= 4 is 0 Å². The fourth-order valence-corrected chi connectivity index (χ4v) is 0. The van der Waals surface area contributed by atoms with E-state index in [9.17, 15) is 0 Å². The molecular formula is CH6N2O. The third-order valence-electron chi connectivity index (χ3n) is 0.144. The quantitative estimate of drug-likeness (QED) is 0.376. The second-order valence-electron chi connectivity index (χ2n) is 0.433. The van der Waals surface area contributed by atoms with Gasteiger partial charge in [-0.25, -0.2) is 0 Å². The van der Waals surface area contributed by atoms with Gasteiger partial charge in [-0.1, -0.05) is 0 Å². The fraction of sp³-hybridized carbons (Fsp3) is 1.00. The van der Waals surface area contributed by atoms with E-state index in [1.165, 1.54) is 0 Å². The number of hydrogen-bond donors (Lipinski definition) is 2. The monoisotopic (exact) mass is 62.0 g/mol. The van der Waals surface area contributed by atoms with Gasteiger partial charge in [0.25, 0.3) is 0 Å². The van der Waals surface area contributed by atoms with Crippen molar-refractivity contribution in [3.8, 4) is 0 Å². The molecule has 0 bridgehead atoms. The van der Waals surface area contributed by atoms with Gasteiger partial charge in [0.05, 0.1) is 0 Å². The van der Waals surface area contributed by atoms with E-state index in [2.05, 4.69) is 10.3 Å². The van der Waals surface area contributed by atoms with Crippen LogP contribution in [0.4, 0.5) is 0 Å². The minimum absolute atomic E-state index is 0. The van der Waals surface area contributed by atoms with Gasteiger partial charge in [-0.05, 0) is 0 Å². The molecule has 1 rings (SSSR count). The van der Waals surface area contributed by atoms with E-state index < -0.39 is 0 Å². The maximum absolute atomic E-state index is 4.25. The second kappa shape index (κ2) is 1.23. The third-order valence-corrected chi connectivity index (χ3v) is 0.144. The summed E-state index contributed by atoms with van der Waals surface area (Å²) in [5.41, 5.74) is 2.50. The van der Waals surface area contributed by atoms with E-state index in [-0.39, 0.29) is 6.15 Å². The summed E-state index contributed by atoms with van der Waals surface area (Å²) in [6.45, 7) is 0.750. The van der Waals surface area contributed by atoms with Crippen LogP contribution in [-0.2, 0) is 4.84 Å². The standard InChI is InChI=1S/CH3NO.H3N/c1-2-3-1;/h2H,1H2;1H3. The third kappa shape index (κ3) is 1.88. The Labute approximate surface area is 24.5 Å². The van der Waals surface area contributed by atoms with Crippen LogP contribution in [0.3, 0.4) is 0 Å². The molecule has 1 aliphatic rings. The van der Waals surface area contributed by atoms with E-state index in [1.54, 1.807) is 0 Å². The average molecular weight is 62.1 g/mol. The van der Waals surface area contributed by atoms with Crippen molar-refractivity contribution in [2.45, 2.75) is 0 Å². The Morgan fingerprint density at radius 1 is 1.75 bits per heavy atom. The first-order chi connectivity index (χ1) is 1.50. The maximum Gasteiger partial charge on any atom is 0.141 e. The van der Waals surface area contributed by atoms with E-state index in [0.29, 0.717) is 0 Å². The second-order valence-corrected chi connectivity index (χ2v) is 0.433. The molecule has 0 spiro atoms. The summed E-state index contributed by atoms with van der Waals surface area (Å²) < 4.78 is 0. The van der Waals surface area contributed by atoms with Crippen LogP contribution in [0.5, 0.6) is 0 Å². The van der Waals surface area contributed by atoms with Crippen LogP contribution in [0.15, 0.2) is 0 Å². The Balaban J connectivity index is 0.0000000900. The zero-order valence-electron chi connectivity index (χ0n) is 2.32. The highest BCUT2D eigenvalue weighted by atomic mass is 16.8. The molecule has 4 heavy (non-hydrogen) atoms. The van der Waals surface area contributed by atoms with Crippen LogP contribution in [0.25, 0.3) is 0 Å². The first kappa shape index (κ1) is 3.88. The lowest BCUT2D eigenvalue weighted by molar-refractivity contribution is 0.412. The lowest BCUT2D eigenvalue weighted by atomic mass is 11.5. The van der Waals surface area contributed by atoms with Gasteiger partial charge in [-0.2, -0.15) is 5.48 Å². The zero-order chi connectivity index (χ0) is 2.12. The van der Waals surface area contributed by atoms with E-state index in [4.69, 9.17) is 0 Å². The molecule has 1 fully saturated rings. The smallest absolute Gasteiger partial charge is 0.141 e. The number of rotatable bonds is 0. The maximum atomic E-state index is 4.25. The van der Waals surface area contributed by atoms with Crippen molar-refractivity contribution in [2.75, 3.05) is 6.73 Å². The molecule has 26 valence electrons. The molecule has 0 aliphatic carbocycles. The summed E-state index contributed by atoms with van der Waals surface area (Å²) in [5.74, 6) is 0. The Bertz CT molecular complexity index is 10.8. The van der Waals surface area contributed by atoms with Crippen molar-refractivity contribution in [2.24, 2.45) is 0 Å². The van der Waals surface area contributed by atoms with Crippen LogP contribution >= 0.6 is 0 Å². The molecule has 3 nitrogen and oxygen atoms in total. The first-order valence-corrected chi connectivity index (χ1v) is 0.846. The summed E-state index contributed by atoms with van der Waals surface area (Å²) in [7, 11) is 0. The summed E-state index contributed by atoms with van der Waals surface area (Å²) in [4.78, 5) is 4.25. The zero-order valence-corrected chi connectivity index (χ0v) is 2.32. The molecule has 0 amide bonds. The topological polar surface area (TPSA) is 69.5 Å². The SMILES string of the molecule is C1NO1.N. The van der Waals surface area contributed by atoms with Crippen molar-refractivity contribution in [1.29, 1.82) is 0 Å². The predicted molar refractivity (Wildman–Crippen MR) is 14.1 cm³/mol. The van der Waals surface area contributed by atoms with E-state index in [0.717, 1.165) is 6.73 Å². The van der Waals surface area contributed by atoms with Gasteiger partial charge in [0.2, 0.25) is 0 Å². The van der Waals surface area contributed by atoms with Crippen LogP contribution in [-0.4, -0.2) is 6.73 Å². The molecule has 0 aromatic heterocycles. The Morgan fingerprint density at radius 2 is 2.00 bits per heavy atom. The van der Waals surface area contributed by atoms with Gasteiger partial charge in [0.1, 0.15) is 6.73 Å². The molecule has 0 aromatic carbocycles. The van der Waals surface area contributed by atoms with Crippen molar-refractivity contribution < 1.29 is 4.84 Å². The summed E-state index contributed by atoms with van der Waals surface area (Å²) >= 11 is 0. The van der Waals surface area contributed by atoms with Crippen LogP contribution in [0, 0.1) is 0 Å². The molecule has 3 heteroatoms. The van der Waals surface area contributed by atoms with Crippen molar-refractivity contribution in [1.82, 2.24) is 11.6 Å². The number of hydrogen-bond acceptors (Lipinski definition) is 3. The predicted octanol–water partition coefficient (Wildman–Crippen LogP) is -0.359. The minimum atomic E-state index is 0. The van der Waals surface area contributed by atoms with Crippen molar-refractivity contribution in [3.05, 3.63) is 0 Å². The van der Waals surface area contributed by atoms with Gasteiger partial charge >= 0.3 is 0 Å². The molecule has 0 unspecified atom stereocenters. The fourth-order valence-electron chi connectivity index (χ4n) is 0. The minimum Gasteiger partial charge on any atom is -0.344 e. The summed E-state index contributed by atoms with van der Waals surface area (Å²) in [6, 6.07) is 0. The van der Waals surface area contributed by atoms with Crippen LogP contribution < -0.4 is 11.6 Å². The van der Waals surface area contributed by atoms with Gasteiger partial charge in [0.15, 0.2) is 0 Å². The van der Waals surface area contributed by atoms with Gasteiger partial charge in [-0.15, -0.1) is 0 Å². The summed E-state index contributed by atoms with van der Waals surface area (Å²) in [5, 5.41) is 0. The lowest BCUT2D eigenvalue weighted by Crippen LogP contribution is -1.54. The molecule has 0 saturated carbocycles. The largest absolute Gasteiger partial charge is 0.344 e. The molecule has 1 heterocycles. The van der Waals surface area contributed by atoms with E-state index in [1.807, 2.05) is 0 Å². The van der Waals surface area contributed by atoms with Gasteiger partial charge in [-0.3, -0.25) is 4.84 Å². The first-order valence-electron chi connectivity index (χ1n) is 0.846. The molecule has 4 N–H and O–H groups in total. The molecular weight excluding hydrogens is 56.0 g/mol. The number of nitrogens with one attached hydrogen (secondary N) is 1. The molecule has 1 aliphatic heterocycles. The van der Waals surface area contributed by atoms with Crippen molar-refractivity contribution in [3.63, 3.8) is 0 Å².